The molecule has 0 rings (SSSR count). The van der Waals surface area contributed by atoms with Crippen LogP contribution < -0.4 is 0 Å². The van der Waals surface area contributed by atoms with E-state index in [1.807, 2.05) is 13.0 Å². The Labute approximate surface area is 72.4 Å². The lowest BCUT2D eigenvalue weighted by Crippen LogP contribution is -2.17. The summed E-state index contributed by atoms with van der Waals surface area (Å²) in [4.78, 5) is 22.3. The van der Waals surface area contributed by atoms with Crippen molar-refractivity contribution < 1.29 is 9.59 Å². The molecule has 0 aliphatic carbocycles. The van der Waals surface area contributed by atoms with Crippen molar-refractivity contribution in [2.24, 2.45) is 0 Å². The first-order valence-corrected chi connectivity index (χ1v) is 3.77. The summed E-state index contributed by atoms with van der Waals surface area (Å²) in [7, 11) is 1.64. The van der Waals surface area contributed by atoms with Crippen LogP contribution >= 0.6 is 0 Å². The van der Waals surface area contributed by atoms with Gasteiger partial charge in [0.25, 0.3) is 0 Å². The summed E-state index contributed by atoms with van der Waals surface area (Å²) in [5.41, 5.74) is 0. The van der Waals surface area contributed by atoms with Crippen LogP contribution in [0.5, 0.6) is 0 Å². The van der Waals surface area contributed by atoms with Crippen molar-refractivity contribution in [3.05, 3.63) is 24.4 Å². The number of hydrogen-bond acceptors (Lipinski definition) is 2. The van der Waals surface area contributed by atoms with Crippen molar-refractivity contribution >= 4 is 12.2 Å². The number of allylic oxidation sites excluding steroid dienone is 2. The van der Waals surface area contributed by atoms with E-state index in [0.717, 1.165) is 6.42 Å². The molecule has 0 radical (unpaired) electrons. The number of rotatable bonds is 4. The smallest absolute Gasteiger partial charge is 0.250 e. The van der Waals surface area contributed by atoms with E-state index >= 15 is 0 Å². The zero-order valence-corrected chi connectivity index (χ0v) is 7.36. The van der Waals surface area contributed by atoms with Crippen LogP contribution in [0.4, 0.5) is 0 Å². The van der Waals surface area contributed by atoms with Crippen LogP contribution in [0.25, 0.3) is 0 Å². The molecular weight excluding hydrogens is 154 g/mol. The standard InChI is InChI=1S/C9H13NO2/c1-3-4-7-10(2)9(12)6-5-8-11/h4-8H,3H2,1-2H3/b6-5-,7-4+. The topological polar surface area (TPSA) is 37.4 Å². The van der Waals surface area contributed by atoms with Gasteiger partial charge in [-0.25, -0.2) is 0 Å². The average Bonchev–Trinajstić information content (AvgIpc) is 2.10. The highest BCUT2D eigenvalue weighted by atomic mass is 16.2. The van der Waals surface area contributed by atoms with Gasteiger partial charge in [-0.05, 0) is 12.5 Å². The highest BCUT2D eigenvalue weighted by Gasteiger charge is 1.97. The minimum atomic E-state index is -0.202. The second-order valence-electron chi connectivity index (χ2n) is 2.24. The molecule has 0 saturated heterocycles. The summed E-state index contributed by atoms with van der Waals surface area (Å²) in [6.45, 7) is 1.98. The number of carbonyl (C=O) groups is 2. The average molecular weight is 167 g/mol. The highest BCUT2D eigenvalue weighted by molar-refractivity contribution is 5.91. The molecule has 0 heterocycles. The third-order valence-corrected chi connectivity index (χ3v) is 1.23. The first kappa shape index (κ1) is 10.6. The van der Waals surface area contributed by atoms with Crippen molar-refractivity contribution in [1.82, 2.24) is 4.90 Å². The molecule has 12 heavy (non-hydrogen) atoms. The maximum Gasteiger partial charge on any atom is 0.250 e. The van der Waals surface area contributed by atoms with Crippen LogP contribution in [0, 0.1) is 0 Å². The Bertz CT molecular complexity index is 207. The van der Waals surface area contributed by atoms with Crippen molar-refractivity contribution in [2.45, 2.75) is 13.3 Å². The molecule has 0 unspecified atom stereocenters. The molecule has 0 aliphatic rings. The van der Waals surface area contributed by atoms with Gasteiger partial charge in [0.1, 0.15) is 6.29 Å². The number of hydrogen-bond donors (Lipinski definition) is 0. The number of amides is 1. The fraction of sp³-hybridized carbons (Fsp3) is 0.333. The Morgan fingerprint density at radius 3 is 2.67 bits per heavy atom. The van der Waals surface area contributed by atoms with E-state index in [1.165, 1.54) is 17.1 Å². The lowest BCUT2D eigenvalue weighted by molar-refractivity contribution is -0.122. The van der Waals surface area contributed by atoms with E-state index in [-0.39, 0.29) is 5.91 Å². The van der Waals surface area contributed by atoms with Gasteiger partial charge < -0.3 is 4.90 Å². The van der Waals surface area contributed by atoms with Crippen molar-refractivity contribution in [3.63, 3.8) is 0 Å². The first-order valence-electron chi connectivity index (χ1n) is 3.77. The fourth-order valence-corrected chi connectivity index (χ4v) is 0.576. The molecule has 3 nitrogen and oxygen atoms in total. The molecule has 1 amide bonds. The predicted octanol–water partition coefficient (Wildman–Crippen LogP) is 1.12. The maximum atomic E-state index is 11.0. The third kappa shape index (κ3) is 4.44. The van der Waals surface area contributed by atoms with E-state index < -0.39 is 0 Å². The van der Waals surface area contributed by atoms with Crippen LogP contribution in [0.2, 0.25) is 0 Å². The third-order valence-electron chi connectivity index (χ3n) is 1.23. The molecule has 66 valence electrons. The van der Waals surface area contributed by atoms with E-state index in [1.54, 1.807) is 13.2 Å². The molecule has 0 aromatic rings. The second kappa shape index (κ2) is 6.34. The summed E-state index contributed by atoms with van der Waals surface area (Å²) >= 11 is 0. The summed E-state index contributed by atoms with van der Waals surface area (Å²) < 4.78 is 0. The minimum absolute atomic E-state index is 0.202. The normalized spacial score (nSPS) is 10.8. The Balaban J connectivity index is 4.01. The van der Waals surface area contributed by atoms with E-state index in [0.29, 0.717) is 6.29 Å². The minimum Gasteiger partial charge on any atom is -0.319 e. The monoisotopic (exact) mass is 167 g/mol. The molecule has 0 spiro atoms. The summed E-state index contributed by atoms with van der Waals surface area (Å²) in [6.07, 6.45) is 7.42. The van der Waals surface area contributed by atoms with E-state index in [2.05, 4.69) is 0 Å². The lowest BCUT2D eigenvalue weighted by Gasteiger charge is -2.07. The zero-order chi connectivity index (χ0) is 9.40. The van der Waals surface area contributed by atoms with Gasteiger partial charge in [-0.15, -0.1) is 0 Å². The lowest BCUT2D eigenvalue weighted by atomic mass is 10.4. The Kier molecular flexibility index (Phi) is 5.61. The molecule has 0 fully saturated rings. The number of carbonyl (C=O) groups excluding carboxylic acids is 2. The molecule has 3 heteroatoms. The van der Waals surface area contributed by atoms with Crippen LogP contribution in [-0.2, 0) is 9.59 Å². The van der Waals surface area contributed by atoms with Crippen molar-refractivity contribution in [3.8, 4) is 0 Å². The molecule has 0 saturated carbocycles. The zero-order valence-electron chi connectivity index (χ0n) is 7.36. The molecule has 0 aromatic heterocycles. The van der Waals surface area contributed by atoms with Gasteiger partial charge in [0.05, 0.1) is 0 Å². The van der Waals surface area contributed by atoms with Gasteiger partial charge in [-0.3, -0.25) is 9.59 Å². The molecule has 0 aliphatic heterocycles. The highest BCUT2D eigenvalue weighted by Crippen LogP contribution is 1.89. The van der Waals surface area contributed by atoms with Gasteiger partial charge in [0.2, 0.25) is 5.91 Å². The SMILES string of the molecule is CC/C=C/N(C)C(=O)/C=C\C=O. The van der Waals surface area contributed by atoms with Gasteiger partial charge >= 0.3 is 0 Å². The fourth-order valence-electron chi connectivity index (χ4n) is 0.576. The Morgan fingerprint density at radius 2 is 2.17 bits per heavy atom. The molecular formula is C9H13NO2. The summed E-state index contributed by atoms with van der Waals surface area (Å²) in [6, 6.07) is 0. The quantitative estimate of drug-likeness (QED) is 0.465. The van der Waals surface area contributed by atoms with Gasteiger partial charge in [-0.1, -0.05) is 13.0 Å². The molecule has 0 bridgehead atoms. The first-order chi connectivity index (χ1) is 5.72. The van der Waals surface area contributed by atoms with E-state index in [4.69, 9.17) is 0 Å². The number of aldehydes is 1. The van der Waals surface area contributed by atoms with Crippen LogP contribution in [0.1, 0.15) is 13.3 Å². The molecule has 0 aromatic carbocycles. The number of likely N-dealkylation sites (N-methyl/N-ethyl adjacent to an activating group) is 1. The van der Waals surface area contributed by atoms with Crippen LogP contribution in [0.15, 0.2) is 24.4 Å². The van der Waals surface area contributed by atoms with Gasteiger partial charge in [0, 0.05) is 19.3 Å². The van der Waals surface area contributed by atoms with Crippen molar-refractivity contribution in [1.29, 1.82) is 0 Å². The van der Waals surface area contributed by atoms with Crippen LogP contribution in [-0.4, -0.2) is 24.1 Å². The summed E-state index contributed by atoms with van der Waals surface area (Å²) in [5.74, 6) is -0.202. The number of nitrogens with zero attached hydrogens (tertiary/aromatic N) is 1. The predicted molar refractivity (Wildman–Crippen MR) is 47.4 cm³/mol. The second-order valence-corrected chi connectivity index (χ2v) is 2.24. The summed E-state index contributed by atoms with van der Waals surface area (Å²) in [5, 5.41) is 0. The van der Waals surface area contributed by atoms with E-state index in [9.17, 15) is 9.59 Å². The van der Waals surface area contributed by atoms with Gasteiger partial charge in [-0.2, -0.15) is 0 Å². The molecule has 0 N–H and O–H groups in total. The van der Waals surface area contributed by atoms with Crippen molar-refractivity contribution in [2.75, 3.05) is 7.05 Å². The Hall–Kier alpha value is -1.38. The van der Waals surface area contributed by atoms with Gasteiger partial charge in [0.15, 0.2) is 0 Å². The maximum absolute atomic E-state index is 11.0. The largest absolute Gasteiger partial charge is 0.319 e. The van der Waals surface area contributed by atoms with Crippen LogP contribution in [0.3, 0.4) is 0 Å². The molecule has 0 atom stereocenters. The Morgan fingerprint density at radius 1 is 1.50 bits per heavy atom.